The van der Waals surface area contributed by atoms with Gasteiger partial charge in [-0.1, -0.05) is 23.7 Å². The summed E-state index contributed by atoms with van der Waals surface area (Å²) >= 11 is 7.58. The van der Waals surface area contributed by atoms with Crippen LogP contribution in [0.1, 0.15) is 15.9 Å². The van der Waals surface area contributed by atoms with Crippen molar-refractivity contribution in [3.05, 3.63) is 34.9 Å². The average molecular weight is 239 g/mol. The van der Waals surface area contributed by atoms with E-state index >= 15 is 0 Å². The summed E-state index contributed by atoms with van der Waals surface area (Å²) < 4.78 is 0. The van der Waals surface area contributed by atoms with Crippen LogP contribution < -0.4 is 0 Å². The number of carbonyl (C=O) groups excluding carboxylic acids is 2. The summed E-state index contributed by atoms with van der Waals surface area (Å²) in [5.41, 5.74) is 2.06. The summed E-state index contributed by atoms with van der Waals surface area (Å²) in [5.74, 6) is 0.567. The minimum Gasteiger partial charge on any atom is -0.298 e. The molecule has 1 aromatic carbocycles. The Kier molecular flexibility index (Phi) is 2.93. The van der Waals surface area contributed by atoms with Gasteiger partial charge in [-0.05, 0) is 6.07 Å². The van der Waals surface area contributed by atoms with Crippen LogP contribution in [0.3, 0.4) is 0 Å². The van der Waals surface area contributed by atoms with Crippen LogP contribution in [0.25, 0.3) is 5.03 Å². The SMILES string of the molecule is O=CC1=C(Cl)c2ccc(C=O)cc2SC1. The first-order valence-corrected chi connectivity index (χ1v) is 5.69. The van der Waals surface area contributed by atoms with Gasteiger partial charge in [0.25, 0.3) is 0 Å². The molecule has 0 spiro atoms. The molecule has 15 heavy (non-hydrogen) atoms. The lowest BCUT2D eigenvalue weighted by molar-refractivity contribution is -0.104. The second-order valence-electron chi connectivity index (χ2n) is 3.12. The number of halogens is 1. The molecule has 0 saturated carbocycles. The highest BCUT2D eigenvalue weighted by Crippen LogP contribution is 2.38. The third-order valence-corrected chi connectivity index (χ3v) is 3.74. The van der Waals surface area contributed by atoms with Gasteiger partial charge in [0, 0.05) is 27.3 Å². The Morgan fingerprint density at radius 2 is 2.07 bits per heavy atom. The standard InChI is InChI=1S/C11H7ClO2S/c12-11-8(5-14)6-15-10-3-7(4-13)1-2-9(10)11/h1-5H,6H2. The minimum absolute atomic E-state index is 0.496. The summed E-state index contributed by atoms with van der Waals surface area (Å²) in [6.45, 7) is 0. The number of hydrogen-bond donors (Lipinski definition) is 0. The molecule has 0 aliphatic carbocycles. The quantitative estimate of drug-likeness (QED) is 0.743. The Balaban J connectivity index is 2.56. The highest BCUT2D eigenvalue weighted by atomic mass is 35.5. The number of rotatable bonds is 2. The zero-order valence-corrected chi connectivity index (χ0v) is 9.27. The fourth-order valence-corrected chi connectivity index (χ4v) is 2.87. The maximum absolute atomic E-state index is 10.7. The molecule has 0 radical (unpaired) electrons. The maximum Gasteiger partial charge on any atom is 0.150 e. The second-order valence-corrected chi connectivity index (χ2v) is 4.51. The molecule has 2 nitrogen and oxygen atoms in total. The second kappa shape index (κ2) is 4.21. The third-order valence-electron chi connectivity index (χ3n) is 2.19. The van der Waals surface area contributed by atoms with Gasteiger partial charge in [-0.15, -0.1) is 11.8 Å². The summed E-state index contributed by atoms with van der Waals surface area (Å²) in [5, 5.41) is 0.496. The van der Waals surface area contributed by atoms with Gasteiger partial charge in [-0.3, -0.25) is 9.59 Å². The molecular weight excluding hydrogens is 232 g/mol. The van der Waals surface area contributed by atoms with E-state index < -0.39 is 0 Å². The average Bonchev–Trinajstić information content (AvgIpc) is 2.29. The molecule has 0 fully saturated rings. The lowest BCUT2D eigenvalue weighted by Gasteiger charge is -2.16. The molecule has 0 atom stereocenters. The largest absolute Gasteiger partial charge is 0.298 e. The molecule has 1 aliphatic heterocycles. The predicted molar refractivity (Wildman–Crippen MR) is 61.4 cm³/mol. The highest BCUT2D eigenvalue weighted by molar-refractivity contribution is 7.99. The lowest BCUT2D eigenvalue weighted by Crippen LogP contribution is -2.01. The third kappa shape index (κ3) is 1.85. The fourth-order valence-electron chi connectivity index (χ4n) is 1.39. The van der Waals surface area contributed by atoms with Crippen molar-refractivity contribution >= 4 is 41.0 Å². The Morgan fingerprint density at radius 1 is 1.27 bits per heavy atom. The molecule has 2 rings (SSSR count). The van der Waals surface area contributed by atoms with Crippen LogP contribution in [-0.4, -0.2) is 18.3 Å². The number of aldehydes is 2. The number of benzene rings is 1. The molecule has 1 aliphatic rings. The van der Waals surface area contributed by atoms with Gasteiger partial charge < -0.3 is 0 Å². The van der Waals surface area contributed by atoms with Crippen molar-refractivity contribution in [1.82, 2.24) is 0 Å². The predicted octanol–water partition coefficient (Wildman–Crippen LogP) is 2.75. The molecule has 0 aromatic heterocycles. The molecule has 0 unspecified atom stereocenters. The van der Waals surface area contributed by atoms with Crippen LogP contribution in [0.15, 0.2) is 28.7 Å². The van der Waals surface area contributed by atoms with Crippen molar-refractivity contribution < 1.29 is 9.59 Å². The summed E-state index contributed by atoms with van der Waals surface area (Å²) in [7, 11) is 0. The van der Waals surface area contributed by atoms with Gasteiger partial charge in [0.15, 0.2) is 0 Å². The molecule has 0 N–H and O–H groups in total. The normalized spacial score (nSPS) is 14.7. The van der Waals surface area contributed by atoms with Crippen LogP contribution in [0.5, 0.6) is 0 Å². The zero-order valence-electron chi connectivity index (χ0n) is 7.70. The molecule has 1 heterocycles. The van der Waals surface area contributed by atoms with Crippen molar-refractivity contribution in [2.45, 2.75) is 4.90 Å². The van der Waals surface area contributed by atoms with Crippen molar-refractivity contribution in [3.8, 4) is 0 Å². The van der Waals surface area contributed by atoms with E-state index in [0.29, 0.717) is 21.9 Å². The van der Waals surface area contributed by atoms with Gasteiger partial charge in [0.2, 0.25) is 0 Å². The van der Waals surface area contributed by atoms with E-state index in [2.05, 4.69) is 0 Å². The van der Waals surface area contributed by atoms with E-state index in [1.807, 2.05) is 0 Å². The van der Waals surface area contributed by atoms with Crippen molar-refractivity contribution in [2.75, 3.05) is 5.75 Å². The topological polar surface area (TPSA) is 34.1 Å². The zero-order chi connectivity index (χ0) is 10.8. The van der Waals surface area contributed by atoms with Crippen LogP contribution in [0, 0.1) is 0 Å². The van der Waals surface area contributed by atoms with Crippen molar-refractivity contribution in [1.29, 1.82) is 0 Å². The maximum atomic E-state index is 10.7. The number of carbonyl (C=O) groups is 2. The van der Waals surface area contributed by atoms with Gasteiger partial charge in [-0.25, -0.2) is 0 Å². The van der Waals surface area contributed by atoms with E-state index in [-0.39, 0.29) is 0 Å². The van der Waals surface area contributed by atoms with Crippen LogP contribution in [0.2, 0.25) is 0 Å². The lowest BCUT2D eigenvalue weighted by atomic mass is 10.1. The molecule has 1 aromatic rings. The number of hydrogen-bond acceptors (Lipinski definition) is 3. The first-order valence-electron chi connectivity index (χ1n) is 4.32. The summed E-state index contributed by atoms with van der Waals surface area (Å²) in [6.07, 6.45) is 1.58. The Labute approximate surface area is 96.3 Å². The van der Waals surface area contributed by atoms with Gasteiger partial charge >= 0.3 is 0 Å². The van der Waals surface area contributed by atoms with E-state index in [1.165, 1.54) is 11.8 Å². The molecular formula is C11H7ClO2S. The van der Waals surface area contributed by atoms with Gasteiger partial charge in [0.05, 0.1) is 5.03 Å². The van der Waals surface area contributed by atoms with Crippen molar-refractivity contribution in [3.63, 3.8) is 0 Å². The summed E-state index contributed by atoms with van der Waals surface area (Å²) in [6, 6.07) is 5.26. The van der Waals surface area contributed by atoms with Crippen LogP contribution >= 0.6 is 23.4 Å². The molecule has 4 heteroatoms. The van der Waals surface area contributed by atoms with Crippen LogP contribution in [0.4, 0.5) is 0 Å². The monoisotopic (exact) mass is 238 g/mol. The highest BCUT2D eigenvalue weighted by Gasteiger charge is 2.17. The van der Waals surface area contributed by atoms with Crippen LogP contribution in [-0.2, 0) is 4.79 Å². The van der Waals surface area contributed by atoms with Gasteiger partial charge in [-0.2, -0.15) is 0 Å². The Bertz CT molecular complexity index is 466. The number of fused-ring (bicyclic) bond motifs is 1. The Hall–Kier alpha value is -1.06. The first-order chi connectivity index (χ1) is 7.26. The Morgan fingerprint density at radius 3 is 2.73 bits per heavy atom. The fraction of sp³-hybridized carbons (Fsp3) is 0.0909. The molecule has 0 amide bonds. The van der Waals surface area contributed by atoms with E-state index in [4.69, 9.17) is 11.6 Å². The summed E-state index contributed by atoms with van der Waals surface area (Å²) in [4.78, 5) is 22.2. The minimum atomic E-state index is 0.496. The van der Waals surface area contributed by atoms with E-state index in [0.717, 1.165) is 23.0 Å². The molecule has 0 bridgehead atoms. The van der Waals surface area contributed by atoms with E-state index in [9.17, 15) is 9.59 Å². The van der Waals surface area contributed by atoms with Crippen molar-refractivity contribution in [2.24, 2.45) is 0 Å². The smallest absolute Gasteiger partial charge is 0.150 e. The number of thioether (sulfide) groups is 1. The van der Waals surface area contributed by atoms with Gasteiger partial charge in [0.1, 0.15) is 12.6 Å². The molecule has 0 saturated heterocycles. The molecule has 76 valence electrons. The van der Waals surface area contributed by atoms with E-state index in [1.54, 1.807) is 18.2 Å². The first kappa shape index (κ1) is 10.5.